The fraction of sp³-hybridized carbons (Fsp3) is 0.0714. The van der Waals surface area contributed by atoms with Crippen LogP contribution in [0, 0.1) is 30.2 Å². The number of ketones is 1. The maximum atomic E-state index is 13.7. The van der Waals surface area contributed by atoms with Gasteiger partial charge in [0.25, 0.3) is 0 Å². The van der Waals surface area contributed by atoms with Gasteiger partial charge in [-0.3, -0.25) is 4.79 Å². The lowest BCUT2D eigenvalue weighted by molar-refractivity contribution is 0.103. The molecular weight excluding hydrogens is 274 g/mol. The van der Waals surface area contributed by atoms with Crippen LogP contribution in [-0.4, -0.2) is 5.78 Å². The second kappa shape index (κ2) is 4.96. The first-order valence-electron chi connectivity index (χ1n) is 5.56. The summed E-state index contributed by atoms with van der Waals surface area (Å²) in [5, 5.41) is 0. The van der Waals surface area contributed by atoms with E-state index in [0.29, 0.717) is 18.2 Å². The molecule has 104 valence electrons. The molecule has 0 spiro atoms. The van der Waals surface area contributed by atoms with Gasteiger partial charge in [0.2, 0.25) is 0 Å². The number of aryl methyl sites for hydroxylation is 1. The molecule has 0 aliphatic heterocycles. The molecule has 0 unspecified atom stereocenters. The Morgan fingerprint density at radius 1 is 0.950 bits per heavy atom. The predicted octanol–water partition coefficient (Wildman–Crippen LogP) is 3.36. The molecule has 0 aliphatic carbocycles. The molecule has 0 saturated carbocycles. The maximum absolute atomic E-state index is 13.7. The third-order valence-corrected chi connectivity index (χ3v) is 2.80. The van der Waals surface area contributed by atoms with Crippen LogP contribution in [0.3, 0.4) is 0 Å². The van der Waals surface area contributed by atoms with Gasteiger partial charge in [0.1, 0.15) is 17.5 Å². The molecule has 0 amide bonds. The summed E-state index contributed by atoms with van der Waals surface area (Å²) >= 11 is 0. The maximum Gasteiger partial charge on any atom is 0.199 e. The average Bonchev–Trinajstić information content (AvgIpc) is 2.37. The van der Waals surface area contributed by atoms with Crippen molar-refractivity contribution in [2.45, 2.75) is 6.92 Å². The van der Waals surface area contributed by atoms with Crippen molar-refractivity contribution in [1.29, 1.82) is 0 Å². The van der Waals surface area contributed by atoms with Crippen LogP contribution in [0.25, 0.3) is 0 Å². The van der Waals surface area contributed by atoms with Gasteiger partial charge < -0.3 is 5.73 Å². The van der Waals surface area contributed by atoms with Gasteiger partial charge in [-0.1, -0.05) is 0 Å². The molecule has 2 aromatic rings. The standard InChI is InChI=1S/C14H9F4NO/c1-6-2-8(11(17)5-10(6)16)14(20)9-3-7(15)4-12(19)13(9)18/h2-5H,19H2,1H3. The summed E-state index contributed by atoms with van der Waals surface area (Å²) in [5.41, 5.74) is 3.41. The molecule has 2 aromatic carbocycles. The number of nitrogens with two attached hydrogens (primary N) is 1. The minimum Gasteiger partial charge on any atom is -0.396 e. The van der Waals surface area contributed by atoms with E-state index in [4.69, 9.17) is 5.73 Å². The Labute approximate surface area is 111 Å². The van der Waals surface area contributed by atoms with Gasteiger partial charge in [0.05, 0.1) is 16.8 Å². The third-order valence-electron chi connectivity index (χ3n) is 2.80. The lowest BCUT2D eigenvalue weighted by Crippen LogP contribution is -2.10. The Kier molecular flexibility index (Phi) is 3.48. The quantitative estimate of drug-likeness (QED) is 0.521. The van der Waals surface area contributed by atoms with E-state index in [2.05, 4.69) is 0 Å². The highest BCUT2D eigenvalue weighted by molar-refractivity contribution is 6.09. The highest BCUT2D eigenvalue weighted by atomic mass is 19.1. The second-order valence-electron chi connectivity index (χ2n) is 4.27. The lowest BCUT2D eigenvalue weighted by Gasteiger charge is -2.08. The van der Waals surface area contributed by atoms with Gasteiger partial charge in [-0.2, -0.15) is 0 Å². The number of halogens is 4. The van der Waals surface area contributed by atoms with E-state index in [1.807, 2.05) is 0 Å². The summed E-state index contributed by atoms with van der Waals surface area (Å²) in [4.78, 5) is 12.0. The molecule has 0 aliphatic rings. The molecule has 2 N–H and O–H groups in total. The number of benzene rings is 2. The van der Waals surface area contributed by atoms with E-state index < -0.39 is 45.9 Å². The normalized spacial score (nSPS) is 10.7. The number of carbonyl (C=O) groups is 1. The minimum absolute atomic E-state index is 0.0135. The molecule has 6 heteroatoms. The first-order valence-corrected chi connectivity index (χ1v) is 5.56. The second-order valence-corrected chi connectivity index (χ2v) is 4.27. The molecule has 0 radical (unpaired) electrons. The van der Waals surface area contributed by atoms with Crippen LogP contribution < -0.4 is 5.73 Å². The molecule has 0 fully saturated rings. The molecule has 0 aromatic heterocycles. The van der Waals surface area contributed by atoms with Crippen LogP contribution in [0.5, 0.6) is 0 Å². The molecule has 20 heavy (non-hydrogen) atoms. The van der Waals surface area contributed by atoms with Crippen molar-refractivity contribution in [3.8, 4) is 0 Å². The van der Waals surface area contributed by atoms with Crippen molar-refractivity contribution < 1.29 is 22.4 Å². The monoisotopic (exact) mass is 283 g/mol. The zero-order chi connectivity index (χ0) is 15.0. The lowest BCUT2D eigenvalue weighted by atomic mass is 9.99. The largest absolute Gasteiger partial charge is 0.396 e. The van der Waals surface area contributed by atoms with Crippen molar-refractivity contribution in [3.05, 3.63) is 64.2 Å². The summed E-state index contributed by atoms with van der Waals surface area (Å²) < 4.78 is 53.6. The molecule has 0 heterocycles. The van der Waals surface area contributed by atoms with E-state index in [-0.39, 0.29) is 5.56 Å². The topological polar surface area (TPSA) is 43.1 Å². The molecular formula is C14H9F4NO. The van der Waals surface area contributed by atoms with Gasteiger partial charge in [-0.05, 0) is 30.7 Å². The van der Waals surface area contributed by atoms with E-state index in [1.165, 1.54) is 6.92 Å². The smallest absolute Gasteiger partial charge is 0.199 e. The number of rotatable bonds is 2. The Bertz CT molecular complexity index is 713. The Hall–Kier alpha value is -2.37. The fourth-order valence-electron chi connectivity index (χ4n) is 1.75. The molecule has 0 atom stereocenters. The summed E-state index contributed by atoms with van der Waals surface area (Å²) in [5.74, 6) is -5.16. The molecule has 2 nitrogen and oxygen atoms in total. The third kappa shape index (κ3) is 2.36. The predicted molar refractivity (Wildman–Crippen MR) is 65.3 cm³/mol. The van der Waals surface area contributed by atoms with Gasteiger partial charge in [-0.15, -0.1) is 0 Å². The molecule has 0 bridgehead atoms. The Morgan fingerprint density at radius 2 is 1.60 bits per heavy atom. The van der Waals surface area contributed by atoms with E-state index in [1.54, 1.807) is 0 Å². The zero-order valence-corrected chi connectivity index (χ0v) is 10.3. The molecule has 2 rings (SSSR count). The van der Waals surface area contributed by atoms with Crippen LogP contribution in [0.2, 0.25) is 0 Å². The van der Waals surface area contributed by atoms with Crippen LogP contribution in [0.4, 0.5) is 23.2 Å². The van der Waals surface area contributed by atoms with Crippen molar-refractivity contribution >= 4 is 11.5 Å². The Balaban J connectivity index is 2.60. The van der Waals surface area contributed by atoms with Gasteiger partial charge >= 0.3 is 0 Å². The minimum atomic E-state index is -1.15. The molecule has 0 saturated heterocycles. The van der Waals surface area contributed by atoms with Gasteiger partial charge in [0, 0.05) is 6.07 Å². The van der Waals surface area contributed by atoms with E-state index >= 15 is 0 Å². The van der Waals surface area contributed by atoms with Crippen LogP contribution >= 0.6 is 0 Å². The summed E-state index contributed by atoms with van der Waals surface area (Å²) in [6.07, 6.45) is 0. The highest BCUT2D eigenvalue weighted by Crippen LogP contribution is 2.23. The van der Waals surface area contributed by atoms with Crippen LogP contribution in [0.1, 0.15) is 21.5 Å². The van der Waals surface area contributed by atoms with Crippen molar-refractivity contribution in [2.24, 2.45) is 0 Å². The summed E-state index contributed by atoms with van der Waals surface area (Å²) in [7, 11) is 0. The fourth-order valence-corrected chi connectivity index (χ4v) is 1.75. The van der Waals surface area contributed by atoms with Crippen LogP contribution in [0.15, 0.2) is 24.3 Å². The zero-order valence-electron chi connectivity index (χ0n) is 10.3. The van der Waals surface area contributed by atoms with Crippen molar-refractivity contribution in [3.63, 3.8) is 0 Å². The average molecular weight is 283 g/mol. The van der Waals surface area contributed by atoms with Crippen molar-refractivity contribution in [1.82, 2.24) is 0 Å². The SMILES string of the molecule is Cc1cc(C(=O)c2cc(F)cc(N)c2F)c(F)cc1F. The summed E-state index contributed by atoms with van der Waals surface area (Å²) in [6.45, 7) is 1.32. The van der Waals surface area contributed by atoms with Crippen molar-refractivity contribution in [2.75, 3.05) is 5.73 Å². The number of carbonyl (C=O) groups excluding carboxylic acids is 1. The highest BCUT2D eigenvalue weighted by Gasteiger charge is 2.21. The Morgan fingerprint density at radius 3 is 2.25 bits per heavy atom. The van der Waals surface area contributed by atoms with E-state index in [9.17, 15) is 22.4 Å². The van der Waals surface area contributed by atoms with Gasteiger partial charge in [-0.25, -0.2) is 17.6 Å². The first-order chi connectivity index (χ1) is 9.31. The van der Waals surface area contributed by atoms with E-state index in [0.717, 1.165) is 6.07 Å². The number of nitrogen functional groups attached to an aromatic ring is 1. The number of hydrogen-bond donors (Lipinski definition) is 1. The first kappa shape index (κ1) is 14.0. The number of hydrogen-bond acceptors (Lipinski definition) is 2. The number of anilines is 1. The van der Waals surface area contributed by atoms with Crippen LogP contribution in [-0.2, 0) is 0 Å². The summed E-state index contributed by atoms with van der Waals surface area (Å²) in [6, 6.07) is 2.78. The van der Waals surface area contributed by atoms with Gasteiger partial charge in [0.15, 0.2) is 11.6 Å².